The summed E-state index contributed by atoms with van der Waals surface area (Å²) < 4.78 is 5.97. The van der Waals surface area contributed by atoms with E-state index in [1.807, 2.05) is 0 Å². The van der Waals surface area contributed by atoms with Crippen LogP contribution in [0.4, 0.5) is 5.69 Å². The summed E-state index contributed by atoms with van der Waals surface area (Å²) in [7, 11) is 2.17. The number of carbonyl (C=O) groups excluding carboxylic acids is 1. The Labute approximate surface area is 175 Å². The number of benzene rings is 1. The van der Waals surface area contributed by atoms with Crippen molar-refractivity contribution in [2.24, 2.45) is 0 Å². The highest BCUT2D eigenvalue weighted by Crippen LogP contribution is 2.31. The lowest BCUT2D eigenvalue weighted by Gasteiger charge is -2.36. The van der Waals surface area contributed by atoms with Gasteiger partial charge in [0.2, 0.25) is 0 Å². The molecule has 2 aliphatic heterocycles. The number of halogens is 1. The van der Waals surface area contributed by atoms with E-state index in [-0.39, 0.29) is 11.9 Å². The van der Waals surface area contributed by atoms with Crippen LogP contribution in [0.15, 0.2) is 39.4 Å². The number of hydrogen-bond acceptors (Lipinski definition) is 4. The molecule has 4 rings (SSSR count). The molecule has 0 radical (unpaired) electrons. The molecule has 5 nitrogen and oxygen atoms in total. The molecule has 6 heteroatoms. The number of hydrogen-bond donors (Lipinski definition) is 1. The number of rotatable bonds is 5. The standard InChI is InChI=1S/C22H28BrN3O2/c1-25-11-5-6-16-14-17(7-8-18(16)25)19(26-12-3-2-4-13-26)15-24-22(27)20-9-10-21(23)28-20/h7-10,14,19H,2-6,11-13,15H2,1H3,(H,24,27)/t19-/m1/s1. The van der Waals surface area contributed by atoms with Gasteiger partial charge in [0, 0.05) is 25.8 Å². The number of furan rings is 1. The highest BCUT2D eigenvalue weighted by Gasteiger charge is 2.25. The van der Waals surface area contributed by atoms with Gasteiger partial charge >= 0.3 is 0 Å². The minimum Gasteiger partial charge on any atom is -0.444 e. The number of nitrogens with one attached hydrogen (secondary N) is 1. The summed E-state index contributed by atoms with van der Waals surface area (Å²) in [4.78, 5) is 17.4. The number of carbonyl (C=O) groups is 1. The van der Waals surface area contributed by atoms with Crippen molar-refractivity contribution in [3.05, 3.63) is 51.9 Å². The smallest absolute Gasteiger partial charge is 0.287 e. The fraction of sp³-hybridized carbons (Fsp3) is 0.500. The number of likely N-dealkylation sites (tertiary alicyclic amines) is 1. The third kappa shape index (κ3) is 4.28. The van der Waals surface area contributed by atoms with Crippen LogP contribution in [0.1, 0.15) is 53.4 Å². The van der Waals surface area contributed by atoms with Gasteiger partial charge in [-0.3, -0.25) is 9.69 Å². The maximum atomic E-state index is 12.5. The minimum absolute atomic E-state index is 0.162. The topological polar surface area (TPSA) is 48.7 Å². The lowest BCUT2D eigenvalue weighted by Crippen LogP contribution is -2.40. The van der Waals surface area contributed by atoms with E-state index in [1.165, 1.54) is 42.5 Å². The van der Waals surface area contributed by atoms with Gasteiger partial charge in [-0.15, -0.1) is 0 Å². The summed E-state index contributed by atoms with van der Waals surface area (Å²) in [6.07, 6.45) is 6.08. The fourth-order valence-corrected chi connectivity index (χ4v) is 4.72. The number of aryl methyl sites for hydroxylation is 1. The molecule has 0 spiro atoms. The molecule has 0 bridgehead atoms. The number of nitrogens with zero attached hydrogens (tertiary/aromatic N) is 2. The van der Waals surface area contributed by atoms with Crippen molar-refractivity contribution in [3.8, 4) is 0 Å². The van der Waals surface area contributed by atoms with E-state index in [1.54, 1.807) is 12.1 Å². The van der Waals surface area contributed by atoms with E-state index in [2.05, 4.69) is 56.3 Å². The zero-order chi connectivity index (χ0) is 19.5. The monoisotopic (exact) mass is 445 g/mol. The molecule has 1 amide bonds. The highest BCUT2D eigenvalue weighted by molar-refractivity contribution is 9.10. The van der Waals surface area contributed by atoms with Gasteiger partial charge in [-0.2, -0.15) is 0 Å². The van der Waals surface area contributed by atoms with Crippen LogP contribution in [-0.4, -0.2) is 44.0 Å². The van der Waals surface area contributed by atoms with Crippen LogP contribution in [0.5, 0.6) is 0 Å². The quantitative estimate of drug-likeness (QED) is 0.741. The maximum absolute atomic E-state index is 12.5. The second kappa shape index (κ2) is 8.70. The normalized spacial score (nSPS) is 18.6. The number of anilines is 1. The van der Waals surface area contributed by atoms with Crippen LogP contribution >= 0.6 is 15.9 Å². The molecule has 1 N–H and O–H groups in total. The Bertz CT molecular complexity index is 829. The number of piperidine rings is 1. The van der Waals surface area contributed by atoms with Crippen LogP contribution in [0, 0.1) is 0 Å². The first-order valence-electron chi connectivity index (χ1n) is 10.2. The Morgan fingerprint density at radius 1 is 1.14 bits per heavy atom. The van der Waals surface area contributed by atoms with Crippen molar-refractivity contribution in [3.63, 3.8) is 0 Å². The molecule has 1 saturated heterocycles. The summed E-state index contributed by atoms with van der Waals surface area (Å²) in [5, 5.41) is 3.09. The zero-order valence-electron chi connectivity index (χ0n) is 16.4. The molecule has 1 fully saturated rings. The van der Waals surface area contributed by atoms with Crippen molar-refractivity contribution in [1.82, 2.24) is 10.2 Å². The van der Waals surface area contributed by atoms with Gasteiger partial charge < -0.3 is 14.6 Å². The van der Waals surface area contributed by atoms with Gasteiger partial charge in [0.25, 0.3) is 5.91 Å². The summed E-state index contributed by atoms with van der Waals surface area (Å²) in [6, 6.07) is 10.5. The van der Waals surface area contributed by atoms with Gasteiger partial charge in [-0.25, -0.2) is 0 Å². The average molecular weight is 446 g/mol. The lowest BCUT2D eigenvalue weighted by molar-refractivity contribution is 0.0896. The van der Waals surface area contributed by atoms with Crippen molar-refractivity contribution >= 4 is 27.5 Å². The maximum Gasteiger partial charge on any atom is 0.287 e. The molecule has 28 heavy (non-hydrogen) atoms. The van der Waals surface area contributed by atoms with Gasteiger partial charge in [0.1, 0.15) is 0 Å². The predicted octanol–water partition coefficient (Wildman–Crippen LogP) is 4.38. The van der Waals surface area contributed by atoms with Crippen LogP contribution in [0.3, 0.4) is 0 Å². The molecule has 2 aromatic rings. The number of amides is 1. The van der Waals surface area contributed by atoms with Crippen molar-refractivity contribution in [1.29, 1.82) is 0 Å². The summed E-state index contributed by atoms with van der Waals surface area (Å²) in [6.45, 7) is 3.89. The summed E-state index contributed by atoms with van der Waals surface area (Å²) >= 11 is 3.26. The second-order valence-corrected chi connectivity index (χ2v) is 8.62. The van der Waals surface area contributed by atoms with Crippen molar-refractivity contribution in [2.75, 3.05) is 38.1 Å². The first kappa shape index (κ1) is 19.5. The van der Waals surface area contributed by atoms with Gasteiger partial charge in [-0.05, 0) is 84.0 Å². The molecule has 0 aliphatic carbocycles. The summed E-state index contributed by atoms with van der Waals surface area (Å²) in [5.41, 5.74) is 4.07. The lowest BCUT2D eigenvalue weighted by atomic mass is 9.95. The van der Waals surface area contributed by atoms with E-state index in [4.69, 9.17) is 4.42 Å². The van der Waals surface area contributed by atoms with E-state index < -0.39 is 0 Å². The SMILES string of the molecule is CN1CCCc2cc([C@@H](CNC(=O)c3ccc(Br)o3)N3CCCCC3)ccc21. The minimum atomic E-state index is -0.162. The van der Waals surface area contributed by atoms with E-state index in [0.717, 1.165) is 26.1 Å². The first-order chi connectivity index (χ1) is 13.6. The van der Waals surface area contributed by atoms with E-state index >= 15 is 0 Å². The Morgan fingerprint density at radius 3 is 2.71 bits per heavy atom. The molecule has 2 aliphatic rings. The predicted molar refractivity (Wildman–Crippen MR) is 115 cm³/mol. The molecule has 150 valence electrons. The third-order valence-corrected chi connectivity index (χ3v) is 6.35. The third-order valence-electron chi connectivity index (χ3n) is 5.92. The average Bonchev–Trinajstić information content (AvgIpc) is 3.15. The Kier molecular flexibility index (Phi) is 6.07. The van der Waals surface area contributed by atoms with Crippen LogP contribution < -0.4 is 10.2 Å². The highest BCUT2D eigenvalue weighted by atomic mass is 79.9. The zero-order valence-corrected chi connectivity index (χ0v) is 18.0. The Morgan fingerprint density at radius 2 is 1.96 bits per heavy atom. The molecule has 1 aromatic heterocycles. The van der Waals surface area contributed by atoms with Crippen molar-refractivity contribution < 1.29 is 9.21 Å². The summed E-state index contributed by atoms with van der Waals surface area (Å²) in [5.74, 6) is 0.182. The van der Waals surface area contributed by atoms with Crippen LogP contribution in [0.2, 0.25) is 0 Å². The Hall–Kier alpha value is -1.79. The molecular weight excluding hydrogens is 418 g/mol. The molecular formula is C22H28BrN3O2. The first-order valence-corrected chi connectivity index (χ1v) is 11.0. The van der Waals surface area contributed by atoms with Gasteiger partial charge in [0.05, 0.1) is 6.04 Å². The fourth-order valence-electron chi connectivity index (χ4n) is 4.41. The Balaban J connectivity index is 1.54. The van der Waals surface area contributed by atoms with Crippen molar-refractivity contribution in [2.45, 2.75) is 38.1 Å². The second-order valence-electron chi connectivity index (χ2n) is 7.84. The molecule has 0 unspecified atom stereocenters. The molecule has 0 saturated carbocycles. The van der Waals surface area contributed by atoms with Crippen LogP contribution in [-0.2, 0) is 6.42 Å². The molecule has 3 heterocycles. The van der Waals surface area contributed by atoms with Gasteiger partial charge in [0.15, 0.2) is 10.4 Å². The van der Waals surface area contributed by atoms with Gasteiger partial charge in [-0.1, -0.05) is 18.6 Å². The largest absolute Gasteiger partial charge is 0.444 e. The molecule has 1 atom stereocenters. The van der Waals surface area contributed by atoms with Crippen LogP contribution in [0.25, 0.3) is 0 Å². The molecule has 1 aromatic carbocycles. The van der Waals surface area contributed by atoms with E-state index in [0.29, 0.717) is 17.0 Å². The van der Waals surface area contributed by atoms with E-state index in [9.17, 15) is 4.79 Å². The number of fused-ring (bicyclic) bond motifs is 1.